The van der Waals surface area contributed by atoms with Crippen LogP contribution in [0, 0.1) is 5.92 Å². The predicted molar refractivity (Wildman–Crippen MR) is 121 cm³/mol. The third-order valence-electron chi connectivity index (χ3n) is 4.36. The molecule has 4 atom stereocenters. The van der Waals surface area contributed by atoms with Crippen molar-refractivity contribution in [3.05, 3.63) is 0 Å². The van der Waals surface area contributed by atoms with E-state index < -0.39 is 72.5 Å². The summed E-state index contributed by atoms with van der Waals surface area (Å²) in [6.45, 7) is 3.78. The van der Waals surface area contributed by atoms with Crippen molar-refractivity contribution in [2.45, 2.75) is 63.7 Å². The van der Waals surface area contributed by atoms with Crippen molar-refractivity contribution < 1.29 is 33.9 Å². The molecule has 0 aliphatic rings. The smallest absolute Gasteiger partial charge is 0.326 e. The van der Waals surface area contributed by atoms with Crippen molar-refractivity contribution in [1.82, 2.24) is 16.0 Å². The number of carbonyl (C=O) groups is 6. The Labute approximate surface area is 196 Å². The Morgan fingerprint density at radius 3 is 1.73 bits per heavy atom. The largest absolute Gasteiger partial charge is 0.480 e. The molecule has 0 aliphatic heterocycles. The summed E-state index contributed by atoms with van der Waals surface area (Å²) >= 11 is 1.42. The number of hydrogen-bond donors (Lipinski definition) is 7. The summed E-state index contributed by atoms with van der Waals surface area (Å²) in [4.78, 5) is 71.5. The third-order valence-corrected chi connectivity index (χ3v) is 5.01. The number of carboxylic acid groups (broad SMARTS) is 1. The number of thioether (sulfide) groups is 1. The molecule has 0 bridgehead atoms. The molecule has 14 heteroatoms. The number of carbonyl (C=O) groups excluding carboxylic acids is 5. The van der Waals surface area contributed by atoms with Crippen LogP contribution in [0.5, 0.6) is 0 Å². The van der Waals surface area contributed by atoms with E-state index in [9.17, 15) is 28.8 Å². The Hall–Kier alpha value is -2.87. The van der Waals surface area contributed by atoms with Crippen LogP contribution in [0.3, 0.4) is 0 Å². The highest BCUT2D eigenvalue weighted by molar-refractivity contribution is 7.98. The summed E-state index contributed by atoms with van der Waals surface area (Å²) in [7, 11) is 0. The molecule has 5 amide bonds. The maximum Gasteiger partial charge on any atom is 0.326 e. The van der Waals surface area contributed by atoms with Crippen LogP contribution in [-0.4, -0.2) is 76.8 Å². The Balaban J connectivity index is 5.49. The molecule has 0 aliphatic carbocycles. The van der Waals surface area contributed by atoms with Crippen molar-refractivity contribution in [3.8, 4) is 0 Å². The lowest BCUT2D eigenvalue weighted by Gasteiger charge is -2.24. The van der Waals surface area contributed by atoms with Crippen LogP contribution in [0.4, 0.5) is 0 Å². The van der Waals surface area contributed by atoms with Gasteiger partial charge in [0.25, 0.3) is 0 Å². The van der Waals surface area contributed by atoms with Crippen LogP contribution < -0.4 is 33.2 Å². The number of nitrogens with one attached hydrogen (secondary N) is 3. The van der Waals surface area contributed by atoms with Gasteiger partial charge in [-0.1, -0.05) is 13.8 Å². The molecule has 13 nitrogen and oxygen atoms in total. The van der Waals surface area contributed by atoms with Crippen molar-refractivity contribution in [3.63, 3.8) is 0 Å². The minimum absolute atomic E-state index is 0.149. The summed E-state index contributed by atoms with van der Waals surface area (Å²) < 4.78 is 0. The lowest BCUT2D eigenvalue weighted by Crippen LogP contribution is -2.58. The molecule has 0 aromatic carbocycles. The van der Waals surface area contributed by atoms with Gasteiger partial charge in [0.2, 0.25) is 29.5 Å². The van der Waals surface area contributed by atoms with E-state index in [4.69, 9.17) is 22.3 Å². The van der Waals surface area contributed by atoms with E-state index >= 15 is 0 Å². The molecule has 33 heavy (non-hydrogen) atoms. The molecule has 0 radical (unpaired) electrons. The quantitative estimate of drug-likeness (QED) is 0.120. The van der Waals surface area contributed by atoms with Gasteiger partial charge in [0.05, 0.1) is 18.9 Å². The van der Waals surface area contributed by atoms with Crippen LogP contribution in [-0.2, 0) is 28.8 Å². The highest BCUT2D eigenvalue weighted by Gasteiger charge is 2.31. The Morgan fingerprint density at radius 1 is 0.818 bits per heavy atom. The second kappa shape index (κ2) is 15.1. The van der Waals surface area contributed by atoms with Crippen LogP contribution in [0.1, 0.15) is 39.5 Å². The molecule has 10 N–H and O–H groups in total. The molecule has 0 saturated heterocycles. The molecule has 0 heterocycles. The monoisotopic (exact) mass is 490 g/mol. The van der Waals surface area contributed by atoms with Gasteiger partial charge in [-0.2, -0.15) is 11.8 Å². The van der Waals surface area contributed by atoms with E-state index in [0.29, 0.717) is 12.2 Å². The summed E-state index contributed by atoms with van der Waals surface area (Å²) in [5.74, 6) is -5.19. The topological polar surface area (TPSA) is 237 Å². The number of nitrogens with two attached hydrogens (primary N) is 3. The third kappa shape index (κ3) is 12.7. The van der Waals surface area contributed by atoms with Gasteiger partial charge in [0, 0.05) is 0 Å². The van der Waals surface area contributed by atoms with E-state index in [1.807, 2.05) is 19.2 Å². The second-order valence-corrected chi connectivity index (χ2v) is 8.87. The van der Waals surface area contributed by atoms with Gasteiger partial charge in [0.1, 0.15) is 18.1 Å². The zero-order chi connectivity index (χ0) is 25.7. The molecule has 0 saturated carbocycles. The van der Waals surface area contributed by atoms with Gasteiger partial charge in [-0.15, -0.1) is 0 Å². The lowest BCUT2D eigenvalue weighted by molar-refractivity contribution is -0.144. The molecule has 0 rings (SSSR count). The maximum atomic E-state index is 12.8. The normalized spacial score (nSPS) is 14.5. The summed E-state index contributed by atoms with van der Waals surface area (Å²) in [6, 6.07) is -5.11. The average molecular weight is 491 g/mol. The molecule has 188 valence electrons. The van der Waals surface area contributed by atoms with Crippen LogP contribution in [0.2, 0.25) is 0 Å². The number of aliphatic carboxylic acids is 1. The highest BCUT2D eigenvalue weighted by atomic mass is 32.2. The van der Waals surface area contributed by atoms with Gasteiger partial charge in [-0.3, -0.25) is 24.0 Å². The maximum absolute atomic E-state index is 12.8. The summed E-state index contributed by atoms with van der Waals surface area (Å²) in [5.41, 5.74) is 16.0. The van der Waals surface area contributed by atoms with E-state index in [-0.39, 0.29) is 12.3 Å². The fourth-order valence-electron chi connectivity index (χ4n) is 2.75. The zero-order valence-electron chi connectivity index (χ0n) is 19.0. The first-order valence-electron chi connectivity index (χ1n) is 10.2. The van der Waals surface area contributed by atoms with Gasteiger partial charge in [-0.25, -0.2) is 4.79 Å². The molecular formula is C19H34N6O7S. The van der Waals surface area contributed by atoms with Crippen LogP contribution in [0.15, 0.2) is 0 Å². The van der Waals surface area contributed by atoms with Crippen LogP contribution >= 0.6 is 11.8 Å². The predicted octanol–water partition coefficient (Wildman–Crippen LogP) is -2.60. The number of carboxylic acids is 1. The first-order chi connectivity index (χ1) is 15.3. The average Bonchev–Trinajstić information content (AvgIpc) is 2.68. The van der Waals surface area contributed by atoms with Crippen molar-refractivity contribution in [1.29, 1.82) is 0 Å². The van der Waals surface area contributed by atoms with E-state index in [0.717, 1.165) is 0 Å². The van der Waals surface area contributed by atoms with E-state index in [2.05, 4.69) is 10.6 Å². The van der Waals surface area contributed by atoms with Gasteiger partial charge in [-0.05, 0) is 30.8 Å². The molecule has 0 fully saturated rings. The molecule has 4 unspecified atom stereocenters. The van der Waals surface area contributed by atoms with Crippen molar-refractivity contribution >= 4 is 47.3 Å². The zero-order valence-corrected chi connectivity index (χ0v) is 19.8. The first kappa shape index (κ1) is 30.1. The fraction of sp³-hybridized carbons (Fsp3) is 0.684. The number of hydrogen-bond acceptors (Lipinski definition) is 8. The number of amides is 5. The standard InChI is InChI=1S/C19H34N6O7S/c1-9(2)6-10(20)16(28)23-11(4-5-33-3)17(29)24-12(7-14(21)26)18(30)25-13(19(31)32)8-15(22)27/h9-13H,4-8,20H2,1-3H3,(H2,21,26)(H2,22,27)(H,23,28)(H,24,29)(H,25,30)(H,31,32). The van der Waals surface area contributed by atoms with E-state index in [1.54, 1.807) is 6.26 Å². The second-order valence-electron chi connectivity index (χ2n) is 7.88. The SMILES string of the molecule is CSCCC(NC(=O)C(N)CC(C)C)C(=O)NC(CC(N)=O)C(=O)NC(CC(N)=O)C(=O)O. The van der Waals surface area contributed by atoms with Crippen LogP contribution in [0.25, 0.3) is 0 Å². The number of primary amides is 2. The minimum atomic E-state index is -1.66. The van der Waals surface area contributed by atoms with Crippen molar-refractivity contribution in [2.75, 3.05) is 12.0 Å². The van der Waals surface area contributed by atoms with E-state index in [1.165, 1.54) is 11.8 Å². The first-order valence-corrected chi connectivity index (χ1v) is 11.6. The van der Waals surface area contributed by atoms with Crippen molar-refractivity contribution in [2.24, 2.45) is 23.1 Å². The van der Waals surface area contributed by atoms with Gasteiger partial charge >= 0.3 is 5.97 Å². The summed E-state index contributed by atoms with van der Waals surface area (Å²) in [5, 5.41) is 16.1. The molecule has 0 aromatic rings. The van der Waals surface area contributed by atoms with Gasteiger partial charge in [0.15, 0.2) is 0 Å². The minimum Gasteiger partial charge on any atom is -0.480 e. The Morgan fingerprint density at radius 2 is 1.27 bits per heavy atom. The molecular weight excluding hydrogens is 456 g/mol. The summed E-state index contributed by atoms with van der Waals surface area (Å²) in [6.07, 6.45) is 1.06. The fourth-order valence-corrected chi connectivity index (χ4v) is 3.23. The molecule has 0 aromatic heterocycles. The highest BCUT2D eigenvalue weighted by Crippen LogP contribution is 2.06. The number of rotatable bonds is 16. The lowest BCUT2D eigenvalue weighted by atomic mass is 10.0. The molecule has 0 spiro atoms. The van der Waals surface area contributed by atoms with Gasteiger partial charge < -0.3 is 38.3 Å². The Bertz CT molecular complexity index is 733. The Kier molecular flexibility index (Phi) is 13.7.